The Labute approximate surface area is 154 Å². The van der Waals surface area contributed by atoms with E-state index in [2.05, 4.69) is 0 Å². The number of urea groups is 1. The fraction of sp³-hybridized carbons (Fsp3) is 0.300. The van der Waals surface area contributed by atoms with Gasteiger partial charge in [-0.25, -0.2) is 4.79 Å². The van der Waals surface area contributed by atoms with Gasteiger partial charge in [-0.15, -0.1) is 0 Å². The summed E-state index contributed by atoms with van der Waals surface area (Å²) >= 11 is 0. The molecule has 0 bridgehead atoms. The largest absolute Gasteiger partial charge is 0.375 e. The monoisotopic (exact) mass is 354 g/mol. The predicted molar refractivity (Wildman–Crippen MR) is 104 cm³/mol. The summed E-state index contributed by atoms with van der Waals surface area (Å²) < 4.78 is 5.62. The molecule has 6 nitrogen and oxygen atoms in total. The minimum atomic E-state index is -0.349. The number of guanidine groups is 1. The van der Waals surface area contributed by atoms with Crippen molar-refractivity contribution in [1.29, 1.82) is 5.41 Å². The van der Waals surface area contributed by atoms with Crippen LogP contribution in [0.15, 0.2) is 48.5 Å². The van der Waals surface area contributed by atoms with Crippen molar-refractivity contribution in [3.05, 3.63) is 65.2 Å². The van der Waals surface area contributed by atoms with Gasteiger partial charge in [0.15, 0.2) is 5.96 Å². The first kappa shape index (κ1) is 19.5. The lowest BCUT2D eigenvalue weighted by Gasteiger charge is -2.28. The summed E-state index contributed by atoms with van der Waals surface area (Å²) in [4.78, 5) is 15.6. The first-order valence-electron chi connectivity index (χ1n) is 8.49. The SMILES string of the molecule is Cc1cccc(C)c1N(C)C(=O)N(CCOCc1ccccc1)C(=N)N. The third-order valence-corrected chi connectivity index (χ3v) is 4.15. The van der Waals surface area contributed by atoms with Crippen molar-refractivity contribution >= 4 is 17.7 Å². The molecule has 2 aromatic carbocycles. The van der Waals surface area contributed by atoms with Gasteiger partial charge in [-0.1, -0.05) is 48.5 Å². The van der Waals surface area contributed by atoms with Crippen LogP contribution in [-0.4, -0.2) is 37.1 Å². The van der Waals surface area contributed by atoms with E-state index in [0.29, 0.717) is 13.2 Å². The maximum absolute atomic E-state index is 12.8. The lowest BCUT2D eigenvalue weighted by Crippen LogP contribution is -2.49. The Morgan fingerprint density at radius 2 is 1.69 bits per heavy atom. The lowest BCUT2D eigenvalue weighted by atomic mass is 10.1. The second kappa shape index (κ2) is 9.01. The molecule has 3 N–H and O–H groups in total. The number of para-hydroxylation sites is 1. The molecule has 0 spiro atoms. The third-order valence-electron chi connectivity index (χ3n) is 4.15. The second-order valence-electron chi connectivity index (χ2n) is 6.16. The highest BCUT2D eigenvalue weighted by molar-refractivity contribution is 6.02. The van der Waals surface area contributed by atoms with Crippen molar-refractivity contribution in [2.45, 2.75) is 20.5 Å². The smallest absolute Gasteiger partial charge is 0.331 e. The van der Waals surface area contributed by atoms with Gasteiger partial charge in [0.25, 0.3) is 0 Å². The fourth-order valence-corrected chi connectivity index (χ4v) is 2.85. The Morgan fingerprint density at radius 1 is 1.08 bits per heavy atom. The van der Waals surface area contributed by atoms with Gasteiger partial charge in [0, 0.05) is 7.05 Å². The minimum Gasteiger partial charge on any atom is -0.375 e. The van der Waals surface area contributed by atoms with Crippen molar-refractivity contribution < 1.29 is 9.53 Å². The maximum Gasteiger partial charge on any atom is 0.331 e. The Hall–Kier alpha value is -2.86. The highest BCUT2D eigenvalue weighted by Gasteiger charge is 2.23. The molecule has 0 unspecified atom stereocenters. The Morgan fingerprint density at radius 3 is 2.27 bits per heavy atom. The van der Waals surface area contributed by atoms with Crippen LogP contribution in [-0.2, 0) is 11.3 Å². The summed E-state index contributed by atoms with van der Waals surface area (Å²) in [5, 5.41) is 7.75. The van der Waals surface area contributed by atoms with E-state index in [9.17, 15) is 4.79 Å². The summed E-state index contributed by atoms with van der Waals surface area (Å²) in [6.45, 7) is 4.87. The van der Waals surface area contributed by atoms with Gasteiger partial charge in [-0.05, 0) is 30.5 Å². The van der Waals surface area contributed by atoms with Gasteiger partial charge in [0.2, 0.25) is 0 Å². The van der Waals surface area contributed by atoms with Crippen LogP contribution in [0.25, 0.3) is 0 Å². The molecule has 2 rings (SSSR count). The van der Waals surface area contributed by atoms with Crippen molar-refractivity contribution in [2.75, 3.05) is 25.1 Å². The number of amides is 2. The molecule has 2 aromatic rings. The Kier molecular flexibility index (Phi) is 6.74. The van der Waals surface area contributed by atoms with Crippen LogP contribution < -0.4 is 10.6 Å². The number of hydrogen-bond acceptors (Lipinski definition) is 3. The number of carbonyl (C=O) groups is 1. The van der Waals surface area contributed by atoms with Crippen LogP contribution in [0.1, 0.15) is 16.7 Å². The predicted octanol–water partition coefficient (Wildman–Crippen LogP) is 3.27. The van der Waals surface area contributed by atoms with Crippen LogP contribution in [0.4, 0.5) is 10.5 Å². The van der Waals surface area contributed by atoms with E-state index >= 15 is 0 Å². The molecule has 0 aliphatic carbocycles. The normalized spacial score (nSPS) is 10.4. The van der Waals surface area contributed by atoms with E-state index in [-0.39, 0.29) is 18.5 Å². The molecule has 0 saturated heterocycles. The fourth-order valence-electron chi connectivity index (χ4n) is 2.85. The number of carbonyl (C=O) groups excluding carboxylic acids is 1. The zero-order chi connectivity index (χ0) is 19.1. The minimum absolute atomic E-state index is 0.219. The number of nitrogens with one attached hydrogen (secondary N) is 1. The van der Waals surface area contributed by atoms with Crippen LogP contribution in [0.3, 0.4) is 0 Å². The number of anilines is 1. The van der Waals surface area contributed by atoms with Crippen LogP contribution >= 0.6 is 0 Å². The van der Waals surface area contributed by atoms with Crippen molar-refractivity contribution in [3.8, 4) is 0 Å². The van der Waals surface area contributed by atoms with E-state index in [1.165, 1.54) is 9.80 Å². The summed E-state index contributed by atoms with van der Waals surface area (Å²) in [7, 11) is 1.69. The van der Waals surface area contributed by atoms with Crippen molar-refractivity contribution in [1.82, 2.24) is 4.90 Å². The van der Waals surface area contributed by atoms with Crippen molar-refractivity contribution in [2.24, 2.45) is 5.73 Å². The quantitative estimate of drug-likeness (QED) is 0.474. The number of nitrogens with zero attached hydrogens (tertiary/aromatic N) is 2. The van der Waals surface area contributed by atoms with Gasteiger partial charge in [-0.3, -0.25) is 15.2 Å². The van der Waals surface area contributed by atoms with Crippen molar-refractivity contribution in [3.63, 3.8) is 0 Å². The number of benzene rings is 2. The molecule has 0 heterocycles. The van der Waals surface area contributed by atoms with Crippen LogP contribution in [0.2, 0.25) is 0 Å². The van der Waals surface area contributed by atoms with Gasteiger partial charge in [0.1, 0.15) is 0 Å². The molecule has 2 amide bonds. The topological polar surface area (TPSA) is 82.7 Å². The molecule has 26 heavy (non-hydrogen) atoms. The number of hydrogen-bond donors (Lipinski definition) is 2. The van der Waals surface area contributed by atoms with Crippen LogP contribution in [0, 0.1) is 19.3 Å². The van der Waals surface area contributed by atoms with E-state index in [1.807, 2.05) is 62.4 Å². The number of aryl methyl sites for hydroxylation is 2. The van der Waals surface area contributed by atoms with Crippen LogP contribution in [0.5, 0.6) is 0 Å². The number of nitrogens with two attached hydrogens (primary N) is 1. The van der Waals surface area contributed by atoms with Gasteiger partial charge in [0.05, 0.1) is 25.4 Å². The van der Waals surface area contributed by atoms with Gasteiger partial charge >= 0.3 is 6.03 Å². The molecule has 0 atom stereocenters. The average Bonchev–Trinajstić information content (AvgIpc) is 2.61. The zero-order valence-corrected chi connectivity index (χ0v) is 15.5. The highest BCUT2D eigenvalue weighted by atomic mass is 16.5. The zero-order valence-electron chi connectivity index (χ0n) is 15.5. The van der Waals surface area contributed by atoms with E-state index in [4.69, 9.17) is 15.9 Å². The molecule has 0 aliphatic heterocycles. The number of rotatable bonds is 6. The molecule has 0 radical (unpaired) electrons. The number of ether oxygens (including phenoxy) is 1. The Balaban J connectivity index is 1.99. The molecule has 0 fully saturated rings. The maximum atomic E-state index is 12.8. The van der Waals surface area contributed by atoms with E-state index in [1.54, 1.807) is 7.05 Å². The molecule has 138 valence electrons. The van der Waals surface area contributed by atoms with Gasteiger partial charge < -0.3 is 10.5 Å². The third kappa shape index (κ3) is 4.83. The van der Waals surface area contributed by atoms with E-state index < -0.39 is 0 Å². The Bertz CT molecular complexity index is 741. The summed E-state index contributed by atoms with van der Waals surface area (Å²) in [5.41, 5.74) is 9.49. The first-order valence-corrected chi connectivity index (χ1v) is 8.49. The van der Waals surface area contributed by atoms with Gasteiger partial charge in [-0.2, -0.15) is 0 Å². The molecular weight excluding hydrogens is 328 g/mol. The first-order chi connectivity index (χ1) is 12.4. The lowest BCUT2D eigenvalue weighted by molar-refractivity contribution is 0.111. The molecule has 6 heteroatoms. The van der Waals surface area contributed by atoms with E-state index in [0.717, 1.165) is 22.4 Å². The molecule has 0 aliphatic rings. The molecular formula is C20H26N4O2. The molecule has 0 aromatic heterocycles. The highest BCUT2D eigenvalue weighted by Crippen LogP contribution is 2.24. The summed E-state index contributed by atoms with van der Waals surface area (Å²) in [6.07, 6.45) is 0. The average molecular weight is 354 g/mol. The summed E-state index contributed by atoms with van der Waals surface area (Å²) in [6, 6.07) is 15.3. The summed E-state index contributed by atoms with van der Waals surface area (Å²) in [5.74, 6) is -0.295. The standard InChI is InChI=1S/C20H26N4O2/c1-15-8-7-9-16(2)18(15)23(3)20(25)24(19(21)22)12-13-26-14-17-10-5-4-6-11-17/h4-11H,12-14H2,1-3H3,(H3,21,22). The second-order valence-corrected chi connectivity index (χ2v) is 6.16. The molecule has 0 saturated carbocycles.